The number of nitrogens with one attached hydrogen (secondary N) is 2. The molecule has 2 amide bonds. The third kappa shape index (κ3) is 6.41. The number of hydrogen-bond acceptors (Lipinski definition) is 2. The average molecular weight is 348 g/mol. The molecule has 0 heterocycles. The van der Waals surface area contributed by atoms with Crippen molar-refractivity contribution < 1.29 is 18.3 Å². The molecule has 4 nitrogen and oxygen atoms in total. The van der Waals surface area contributed by atoms with Crippen molar-refractivity contribution in [2.45, 2.75) is 25.8 Å². The van der Waals surface area contributed by atoms with Crippen LogP contribution in [0.5, 0.6) is 5.75 Å². The molecule has 0 spiro atoms. The molecule has 0 aliphatic rings. The van der Waals surface area contributed by atoms with Crippen LogP contribution in [0.15, 0.2) is 42.5 Å². The van der Waals surface area contributed by atoms with Crippen LogP contribution in [0.4, 0.5) is 13.6 Å². The lowest BCUT2D eigenvalue weighted by Gasteiger charge is -2.15. The van der Waals surface area contributed by atoms with Gasteiger partial charge in [0.15, 0.2) is 0 Å². The Balaban J connectivity index is 1.75. The highest BCUT2D eigenvalue weighted by Gasteiger charge is 2.09. The van der Waals surface area contributed by atoms with Gasteiger partial charge in [0.2, 0.25) is 0 Å². The molecule has 0 aromatic heterocycles. The van der Waals surface area contributed by atoms with E-state index in [1.165, 1.54) is 12.1 Å². The molecule has 6 heteroatoms. The summed E-state index contributed by atoms with van der Waals surface area (Å²) < 4.78 is 31.4. The molecule has 134 valence electrons. The highest BCUT2D eigenvalue weighted by atomic mass is 19.1. The minimum Gasteiger partial charge on any atom is -0.497 e. The standard InChI is InChI=1S/C19H22F2N2O2/c1-13(8-14-4-3-5-18(11-14)25-2)23-19(24)22-7-6-15-9-16(20)12-17(21)10-15/h3-5,9-13H,6-8H2,1-2H3,(H2,22,23,24). The molecule has 0 bridgehead atoms. The number of amides is 2. The summed E-state index contributed by atoms with van der Waals surface area (Å²) in [7, 11) is 1.61. The van der Waals surface area contributed by atoms with Crippen LogP contribution in [0.1, 0.15) is 18.1 Å². The number of ether oxygens (including phenoxy) is 1. The maximum atomic E-state index is 13.1. The summed E-state index contributed by atoms with van der Waals surface area (Å²) in [5.41, 5.74) is 1.56. The molecule has 2 N–H and O–H groups in total. The molecule has 2 rings (SSSR count). The lowest BCUT2D eigenvalue weighted by Crippen LogP contribution is -2.42. The number of rotatable bonds is 7. The first-order chi connectivity index (χ1) is 12.0. The fraction of sp³-hybridized carbons (Fsp3) is 0.316. The van der Waals surface area contributed by atoms with Crippen LogP contribution >= 0.6 is 0 Å². The van der Waals surface area contributed by atoms with E-state index in [0.717, 1.165) is 17.4 Å². The van der Waals surface area contributed by atoms with E-state index in [1.807, 2.05) is 31.2 Å². The van der Waals surface area contributed by atoms with Gasteiger partial charge in [0.25, 0.3) is 0 Å². The van der Waals surface area contributed by atoms with Crippen molar-refractivity contribution in [2.24, 2.45) is 0 Å². The number of methoxy groups -OCH3 is 1. The largest absolute Gasteiger partial charge is 0.497 e. The summed E-state index contributed by atoms with van der Waals surface area (Å²) in [4.78, 5) is 11.9. The lowest BCUT2D eigenvalue weighted by molar-refractivity contribution is 0.238. The fourth-order valence-corrected chi connectivity index (χ4v) is 2.55. The molecule has 0 radical (unpaired) electrons. The molecule has 0 saturated heterocycles. The van der Waals surface area contributed by atoms with Crippen LogP contribution in [0.25, 0.3) is 0 Å². The first-order valence-electron chi connectivity index (χ1n) is 8.08. The van der Waals surface area contributed by atoms with Crippen LogP contribution < -0.4 is 15.4 Å². The quantitative estimate of drug-likeness (QED) is 0.805. The number of urea groups is 1. The number of halogens is 2. The molecule has 0 aliphatic heterocycles. The van der Waals surface area contributed by atoms with Gasteiger partial charge in [-0.05, 0) is 55.2 Å². The molecular formula is C19H22F2N2O2. The monoisotopic (exact) mass is 348 g/mol. The van der Waals surface area contributed by atoms with Crippen LogP contribution in [0, 0.1) is 11.6 Å². The summed E-state index contributed by atoms with van der Waals surface area (Å²) in [6.07, 6.45) is 1.02. The Morgan fingerprint density at radius 2 is 1.84 bits per heavy atom. The minimum atomic E-state index is -0.619. The zero-order chi connectivity index (χ0) is 18.2. The van der Waals surface area contributed by atoms with Crippen molar-refractivity contribution in [1.29, 1.82) is 0 Å². The van der Waals surface area contributed by atoms with Crippen molar-refractivity contribution in [3.63, 3.8) is 0 Å². The molecule has 2 aromatic rings. The number of carbonyl (C=O) groups excluding carboxylic acids is 1. The van der Waals surface area contributed by atoms with Crippen LogP contribution in [-0.2, 0) is 12.8 Å². The van der Waals surface area contributed by atoms with E-state index < -0.39 is 11.6 Å². The average Bonchev–Trinajstić information content (AvgIpc) is 2.54. The molecule has 0 saturated carbocycles. The predicted octanol–water partition coefficient (Wildman–Crippen LogP) is 3.45. The second-order valence-corrected chi connectivity index (χ2v) is 5.88. The van der Waals surface area contributed by atoms with Crippen LogP contribution in [0.2, 0.25) is 0 Å². The van der Waals surface area contributed by atoms with Gasteiger partial charge in [-0.25, -0.2) is 13.6 Å². The maximum absolute atomic E-state index is 13.1. The van der Waals surface area contributed by atoms with E-state index in [-0.39, 0.29) is 12.1 Å². The van der Waals surface area contributed by atoms with Crippen molar-refractivity contribution in [2.75, 3.05) is 13.7 Å². The van der Waals surface area contributed by atoms with E-state index in [9.17, 15) is 13.6 Å². The summed E-state index contributed by atoms with van der Waals surface area (Å²) in [6.45, 7) is 2.20. The van der Waals surface area contributed by atoms with Crippen molar-refractivity contribution >= 4 is 6.03 Å². The van der Waals surface area contributed by atoms with Crippen molar-refractivity contribution in [1.82, 2.24) is 10.6 Å². The molecular weight excluding hydrogens is 326 g/mol. The van der Waals surface area contributed by atoms with E-state index in [1.54, 1.807) is 7.11 Å². The molecule has 25 heavy (non-hydrogen) atoms. The van der Waals surface area contributed by atoms with Gasteiger partial charge in [0.1, 0.15) is 17.4 Å². The number of hydrogen-bond donors (Lipinski definition) is 2. The minimum absolute atomic E-state index is 0.0706. The zero-order valence-corrected chi connectivity index (χ0v) is 14.3. The van der Waals surface area contributed by atoms with Gasteiger partial charge in [-0.15, -0.1) is 0 Å². The first kappa shape index (κ1) is 18.7. The van der Waals surface area contributed by atoms with Gasteiger partial charge >= 0.3 is 6.03 Å². The molecule has 1 atom stereocenters. The third-order valence-electron chi connectivity index (χ3n) is 3.68. The normalized spacial score (nSPS) is 11.7. The van der Waals surface area contributed by atoms with E-state index in [4.69, 9.17) is 4.74 Å². The maximum Gasteiger partial charge on any atom is 0.315 e. The Morgan fingerprint density at radius 1 is 1.12 bits per heavy atom. The SMILES string of the molecule is COc1cccc(CC(C)NC(=O)NCCc2cc(F)cc(F)c2)c1. The Hall–Kier alpha value is -2.63. The molecule has 1 unspecified atom stereocenters. The molecule has 0 fully saturated rings. The van der Waals surface area contributed by atoms with Gasteiger partial charge in [-0.2, -0.15) is 0 Å². The highest BCUT2D eigenvalue weighted by molar-refractivity contribution is 5.74. The zero-order valence-electron chi connectivity index (χ0n) is 14.3. The predicted molar refractivity (Wildman–Crippen MR) is 92.8 cm³/mol. The summed E-state index contributed by atoms with van der Waals surface area (Å²) in [6, 6.07) is 10.6. The van der Waals surface area contributed by atoms with E-state index in [0.29, 0.717) is 24.9 Å². The van der Waals surface area contributed by atoms with Crippen LogP contribution in [-0.4, -0.2) is 25.7 Å². The second kappa shape index (κ2) is 9.01. The Bertz CT molecular complexity index is 702. The fourth-order valence-electron chi connectivity index (χ4n) is 2.55. The summed E-state index contributed by atoms with van der Waals surface area (Å²) in [5, 5.41) is 5.53. The van der Waals surface area contributed by atoms with Gasteiger partial charge in [0, 0.05) is 18.7 Å². The highest BCUT2D eigenvalue weighted by Crippen LogP contribution is 2.14. The molecule has 2 aromatic carbocycles. The van der Waals surface area contributed by atoms with Crippen LogP contribution in [0.3, 0.4) is 0 Å². The van der Waals surface area contributed by atoms with E-state index in [2.05, 4.69) is 10.6 Å². The van der Waals surface area contributed by atoms with Gasteiger partial charge in [0.05, 0.1) is 7.11 Å². The molecule has 0 aliphatic carbocycles. The first-order valence-corrected chi connectivity index (χ1v) is 8.08. The lowest BCUT2D eigenvalue weighted by atomic mass is 10.1. The van der Waals surface area contributed by atoms with Gasteiger partial charge in [-0.3, -0.25) is 0 Å². The van der Waals surface area contributed by atoms with Gasteiger partial charge < -0.3 is 15.4 Å². The van der Waals surface area contributed by atoms with E-state index >= 15 is 0 Å². The smallest absolute Gasteiger partial charge is 0.315 e. The Kier molecular flexibility index (Phi) is 6.74. The third-order valence-corrected chi connectivity index (χ3v) is 3.68. The number of carbonyl (C=O) groups is 1. The second-order valence-electron chi connectivity index (χ2n) is 5.88. The topological polar surface area (TPSA) is 50.4 Å². The summed E-state index contributed by atoms with van der Waals surface area (Å²) >= 11 is 0. The van der Waals surface area contributed by atoms with Crippen molar-refractivity contribution in [3.8, 4) is 5.75 Å². The summed E-state index contributed by atoms with van der Waals surface area (Å²) in [5.74, 6) is -0.464. The number of benzene rings is 2. The Labute approximate surface area is 146 Å². The van der Waals surface area contributed by atoms with Gasteiger partial charge in [-0.1, -0.05) is 12.1 Å². The van der Waals surface area contributed by atoms with Crippen molar-refractivity contribution in [3.05, 3.63) is 65.2 Å². The Morgan fingerprint density at radius 3 is 2.52 bits per heavy atom.